The maximum atomic E-state index is 13.1. The average Bonchev–Trinajstić information content (AvgIpc) is 2.67. The topological polar surface area (TPSA) is 47.6 Å². The van der Waals surface area contributed by atoms with Gasteiger partial charge in [-0.05, 0) is 43.2 Å². The standard InChI is InChI=1S/C23H31NO3/c1-16(2)15-27-21-12-11-20(18-9-5-6-10-19(18)21)24-22(25)23(26-4)13-7-8-17(3)14-23/h5-6,9-12,16-17H,7-8,13-15H2,1-4H3,(H,24,25)/t17-,23-/m0/s1. The smallest absolute Gasteiger partial charge is 0.256 e. The van der Waals surface area contributed by atoms with E-state index in [-0.39, 0.29) is 5.91 Å². The predicted molar refractivity (Wildman–Crippen MR) is 110 cm³/mol. The summed E-state index contributed by atoms with van der Waals surface area (Å²) in [4.78, 5) is 13.1. The molecule has 3 rings (SSSR count). The Morgan fingerprint density at radius 1 is 1.22 bits per heavy atom. The van der Waals surface area contributed by atoms with Crippen molar-refractivity contribution < 1.29 is 14.3 Å². The fraction of sp³-hybridized carbons (Fsp3) is 0.522. The quantitative estimate of drug-likeness (QED) is 0.741. The van der Waals surface area contributed by atoms with Crippen LogP contribution in [0.1, 0.15) is 46.5 Å². The molecule has 0 heterocycles. The first-order valence-corrected chi connectivity index (χ1v) is 9.96. The number of carbonyl (C=O) groups excluding carboxylic acids is 1. The number of nitrogens with one attached hydrogen (secondary N) is 1. The molecule has 0 aliphatic heterocycles. The fourth-order valence-corrected chi connectivity index (χ4v) is 3.99. The Bertz CT molecular complexity index is 801. The predicted octanol–water partition coefficient (Wildman–Crippen LogP) is 5.41. The van der Waals surface area contributed by atoms with Crippen molar-refractivity contribution in [3.05, 3.63) is 36.4 Å². The highest BCUT2D eigenvalue weighted by molar-refractivity contribution is 6.06. The zero-order chi connectivity index (χ0) is 19.4. The van der Waals surface area contributed by atoms with E-state index in [0.29, 0.717) is 18.4 Å². The molecule has 1 fully saturated rings. The summed E-state index contributed by atoms with van der Waals surface area (Å²) in [5, 5.41) is 5.14. The minimum Gasteiger partial charge on any atom is -0.493 e. The number of fused-ring (bicyclic) bond motifs is 1. The van der Waals surface area contributed by atoms with Crippen LogP contribution >= 0.6 is 0 Å². The number of rotatable bonds is 6. The molecule has 0 aromatic heterocycles. The van der Waals surface area contributed by atoms with Gasteiger partial charge in [0.05, 0.1) is 6.61 Å². The molecule has 0 bridgehead atoms. The molecule has 1 aliphatic rings. The summed E-state index contributed by atoms with van der Waals surface area (Å²) in [7, 11) is 1.65. The molecular weight excluding hydrogens is 338 g/mol. The van der Waals surface area contributed by atoms with Crippen molar-refractivity contribution >= 4 is 22.4 Å². The lowest BCUT2D eigenvalue weighted by Gasteiger charge is -2.37. The molecule has 0 saturated heterocycles. The molecular formula is C23H31NO3. The average molecular weight is 370 g/mol. The maximum Gasteiger partial charge on any atom is 0.256 e. The normalized spacial score (nSPS) is 22.8. The highest BCUT2D eigenvalue weighted by atomic mass is 16.5. The summed E-state index contributed by atoms with van der Waals surface area (Å²) in [6, 6.07) is 11.9. The van der Waals surface area contributed by atoms with Crippen molar-refractivity contribution in [2.24, 2.45) is 11.8 Å². The number of hydrogen-bond donors (Lipinski definition) is 1. The summed E-state index contributed by atoms with van der Waals surface area (Å²) >= 11 is 0. The van der Waals surface area contributed by atoms with Crippen LogP contribution in [0.15, 0.2) is 36.4 Å². The van der Waals surface area contributed by atoms with Crippen molar-refractivity contribution in [1.29, 1.82) is 0 Å². The SMILES string of the molecule is CO[C@@]1(C(=O)Nc2ccc(OCC(C)C)c3ccccc23)CCC[C@H](C)C1. The van der Waals surface area contributed by atoms with E-state index in [1.165, 1.54) is 0 Å². The molecule has 4 heteroatoms. The van der Waals surface area contributed by atoms with Crippen LogP contribution in [0.2, 0.25) is 0 Å². The molecule has 1 aliphatic carbocycles. The van der Waals surface area contributed by atoms with Crippen LogP contribution in [0, 0.1) is 11.8 Å². The van der Waals surface area contributed by atoms with Crippen LogP contribution in [-0.2, 0) is 9.53 Å². The fourth-order valence-electron chi connectivity index (χ4n) is 3.99. The van der Waals surface area contributed by atoms with Crippen molar-refractivity contribution in [1.82, 2.24) is 0 Å². The summed E-state index contributed by atoms with van der Waals surface area (Å²) in [6.45, 7) is 7.12. The van der Waals surface area contributed by atoms with Gasteiger partial charge in [0.15, 0.2) is 0 Å². The van der Waals surface area contributed by atoms with Gasteiger partial charge in [-0.3, -0.25) is 4.79 Å². The molecule has 146 valence electrons. The Morgan fingerprint density at radius 2 is 1.96 bits per heavy atom. The van der Waals surface area contributed by atoms with Gasteiger partial charge in [0, 0.05) is 23.6 Å². The highest BCUT2D eigenvalue weighted by Gasteiger charge is 2.42. The van der Waals surface area contributed by atoms with Gasteiger partial charge in [0.25, 0.3) is 5.91 Å². The van der Waals surface area contributed by atoms with E-state index in [1.54, 1.807) is 7.11 Å². The summed E-state index contributed by atoms with van der Waals surface area (Å²) in [5.74, 6) is 1.76. The van der Waals surface area contributed by atoms with E-state index in [4.69, 9.17) is 9.47 Å². The molecule has 4 nitrogen and oxygen atoms in total. The molecule has 2 atom stereocenters. The van der Waals surface area contributed by atoms with Crippen LogP contribution in [0.3, 0.4) is 0 Å². The Labute approximate surface area is 162 Å². The van der Waals surface area contributed by atoms with Crippen LogP contribution in [-0.4, -0.2) is 25.2 Å². The van der Waals surface area contributed by atoms with E-state index < -0.39 is 5.60 Å². The summed E-state index contributed by atoms with van der Waals surface area (Å²) in [5.41, 5.74) is 0.0770. The molecule has 2 aromatic rings. The lowest BCUT2D eigenvalue weighted by molar-refractivity contribution is -0.143. The second-order valence-electron chi connectivity index (χ2n) is 8.22. The third-order valence-corrected chi connectivity index (χ3v) is 5.46. The van der Waals surface area contributed by atoms with Crippen molar-refractivity contribution in [2.45, 2.75) is 52.1 Å². The first kappa shape index (κ1) is 19.7. The van der Waals surface area contributed by atoms with Crippen molar-refractivity contribution in [3.63, 3.8) is 0 Å². The Hall–Kier alpha value is -2.07. The zero-order valence-electron chi connectivity index (χ0n) is 16.9. The Balaban J connectivity index is 1.88. The molecule has 1 amide bonds. The van der Waals surface area contributed by atoms with Crippen molar-refractivity contribution in [2.75, 3.05) is 19.0 Å². The third-order valence-electron chi connectivity index (χ3n) is 5.46. The largest absolute Gasteiger partial charge is 0.493 e. The minimum absolute atomic E-state index is 0.0439. The number of carbonyl (C=O) groups is 1. The second kappa shape index (κ2) is 8.30. The van der Waals surface area contributed by atoms with E-state index in [2.05, 4.69) is 26.1 Å². The molecule has 1 N–H and O–H groups in total. The Kier molecular flexibility index (Phi) is 6.05. The second-order valence-corrected chi connectivity index (χ2v) is 8.22. The van der Waals surface area contributed by atoms with Gasteiger partial charge in [0.2, 0.25) is 0 Å². The van der Waals surface area contributed by atoms with Gasteiger partial charge in [-0.2, -0.15) is 0 Å². The van der Waals surface area contributed by atoms with Crippen molar-refractivity contribution in [3.8, 4) is 5.75 Å². The van der Waals surface area contributed by atoms with Gasteiger partial charge < -0.3 is 14.8 Å². The highest BCUT2D eigenvalue weighted by Crippen LogP contribution is 2.37. The van der Waals surface area contributed by atoms with E-state index in [1.807, 2.05) is 36.4 Å². The van der Waals surface area contributed by atoms with Crippen LogP contribution in [0.25, 0.3) is 10.8 Å². The lowest BCUT2D eigenvalue weighted by Crippen LogP contribution is -2.47. The van der Waals surface area contributed by atoms with Crippen LogP contribution in [0.5, 0.6) is 5.75 Å². The molecule has 1 saturated carbocycles. The van der Waals surface area contributed by atoms with E-state index >= 15 is 0 Å². The lowest BCUT2D eigenvalue weighted by atomic mass is 9.78. The summed E-state index contributed by atoms with van der Waals surface area (Å²) in [6.07, 6.45) is 3.71. The van der Waals surface area contributed by atoms with Gasteiger partial charge >= 0.3 is 0 Å². The first-order chi connectivity index (χ1) is 12.9. The molecule has 0 unspecified atom stereocenters. The maximum absolute atomic E-state index is 13.1. The van der Waals surface area contributed by atoms with Gasteiger partial charge in [-0.25, -0.2) is 0 Å². The monoisotopic (exact) mass is 369 g/mol. The Morgan fingerprint density at radius 3 is 2.63 bits per heavy atom. The number of hydrogen-bond acceptors (Lipinski definition) is 3. The third kappa shape index (κ3) is 4.27. The van der Waals surface area contributed by atoms with Crippen LogP contribution < -0.4 is 10.1 Å². The van der Waals surface area contributed by atoms with E-state index in [0.717, 1.165) is 47.9 Å². The van der Waals surface area contributed by atoms with E-state index in [9.17, 15) is 4.79 Å². The van der Waals surface area contributed by atoms with Gasteiger partial charge in [-0.1, -0.05) is 51.5 Å². The number of ether oxygens (including phenoxy) is 2. The molecule has 27 heavy (non-hydrogen) atoms. The zero-order valence-corrected chi connectivity index (χ0v) is 16.9. The van der Waals surface area contributed by atoms with Crippen LogP contribution in [0.4, 0.5) is 5.69 Å². The summed E-state index contributed by atoms with van der Waals surface area (Å²) < 4.78 is 11.7. The molecule has 0 spiro atoms. The number of anilines is 1. The molecule has 2 aromatic carbocycles. The number of benzene rings is 2. The number of methoxy groups -OCH3 is 1. The molecule has 0 radical (unpaired) electrons. The van der Waals surface area contributed by atoms with Gasteiger partial charge in [0.1, 0.15) is 11.4 Å². The van der Waals surface area contributed by atoms with Gasteiger partial charge in [-0.15, -0.1) is 0 Å². The number of amides is 1. The minimum atomic E-state index is -0.731. The first-order valence-electron chi connectivity index (χ1n) is 9.96.